The smallest absolute Gasteiger partial charge is 0.138 e. The van der Waals surface area contributed by atoms with Gasteiger partial charge in [0.25, 0.3) is 0 Å². The van der Waals surface area contributed by atoms with Gasteiger partial charge in [-0.2, -0.15) is 5.10 Å². The van der Waals surface area contributed by atoms with E-state index in [1.807, 2.05) is 4.68 Å². The molecule has 2 heterocycles. The molecule has 0 aliphatic rings. The second-order valence-electron chi connectivity index (χ2n) is 3.85. The van der Waals surface area contributed by atoms with Gasteiger partial charge in [0, 0.05) is 18.5 Å². The van der Waals surface area contributed by atoms with Crippen LogP contribution in [0, 0.1) is 0 Å². The van der Waals surface area contributed by atoms with E-state index in [0.717, 1.165) is 10.7 Å². The number of rotatable bonds is 4. The van der Waals surface area contributed by atoms with Crippen LogP contribution < -0.4 is 5.73 Å². The van der Waals surface area contributed by atoms with Crippen molar-refractivity contribution in [3.05, 3.63) is 23.2 Å². The van der Waals surface area contributed by atoms with Crippen LogP contribution in [0.5, 0.6) is 0 Å². The first-order valence-electron chi connectivity index (χ1n) is 5.09. The summed E-state index contributed by atoms with van der Waals surface area (Å²) in [5, 5.41) is 7.95. The highest BCUT2D eigenvalue weighted by Crippen LogP contribution is 2.17. The van der Waals surface area contributed by atoms with E-state index in [9.17, 15) is 0 Å². The minimum absolute atomic E-state index is 0.110. The van der Waals surface area contributed by atoms with Gasteiger partial charge in [0.05, 0.1) is 11.1 Å². The van der Waals surface area contributed by atoms with Gasteiger partial charge in [-0.1, -0.05) is 4.49 Å². The Balaban J connectivity index is 2.12. The molecule has 2 N–H and O–H groups in total. The van der Waals surface area contributed by atoms with Gasteiger partial charge in [-0.15, -0.1) is 5.10 Å². The van der Waals surface area contributed by atoms with E-state index >= 15 is 0 Å². The van der Waals surface area contributed by atoms with Crippen LogP contribution in [0.4, 0.5) is 0 Å². The van der Waals surface area contributed by atoms with Crippen LogP contribution in [0.3, 0.4) is 0 Å². The van der Waals surface area contributed by atoms with Crippen molar-refractivity contribution in [2.75, 3.05) is 0 Å². The van der Waals surface area contributed by atoms with Crippen LogP contribution >= 0.6 is 11.5 Å². The molecule has 0 aliphatic heterocycles. The molecular formula is C9H14N6S. The van der Waals surface area contributed by atoms with Gasteiger partial charge in [-0.05, 0) is 25.4 Å². The molecule has 0 aliphatic carbocycles. The zero-order valence-corrected chi connectivity index (χ0v) is 10.1. The lowest BCUT2D eigenvalue weighted by molar-refractivity contribution is 0.494. The van der Waals surface area contributed by atoms with Gasteiger partial charge >= 0.3 is 0 Å². The molecular weight excluding hydrogens is 224 g/mol. The van der Waals surface area contributed by atoms with E-state index in [-0.39, 0.29) is 6.04 Å². The van der Waals surface area contributed by atoms with Gasteiger partial charge in [0.15, 0.2) is 0 Å². The topological polar surface area (TPSA) is 82.5 Å². The first kappa shape index (κ1) is 11.2. The third kappa shape index (κ3) is 2.25. The molecule has 16 heavy (non-hydrogen) atoms. The van der Waals surface area contributed by atoms with E-state index in [4.69, 9.17) is 5.73 Å². The lowest BCUT2D eigenvalue weighted by atomic mass is 10.2. The third-order valence-electron chi connectivity index (χ3n) is 2.28. The van der Waals surface area contributed by atoms with Gasteiger partial charge in [-0.3, -0.25) is 0 Å². The highest BCUT2D eigenvalue weighted by Gasteiger charge is 2.15. The van der Waals surface area contributed by atoms with Gasteiger partial charge in [0.2, 0.25) is 0 Å². The molecule has 0 spiro atoms. The lowest BCUT2D eigenvalue weighted by Crippen LogP contribution is -2.17. The first-order chi connectivity index (χ1) is 7.68. The maximum Gasteiger partial charge on any atom is 0.138 e. The fourth-order valence-electron chi connectivity index (χ4n) is 1.49. The fraction of sp³-hybridized carbons (Fsp3) is 0.556. The molecule has 2 rings (SSSR count). The van der Waals surface area contributed by atoms with Gasteiger partial charge in [0.1, 0.15) is 12.2 Å². The number of hydrogen-bond acceptors (Lipinski definition) is 6. The second-order valence-corrected chi connectivity index (χ2v) is 4.66. The van der Waals surface area contributed by atoms with Crippen LogP contribution in [0.15, 0.2) is 12.5 Å². The van der Waals surface area contributed by atoms with Crippen LogP contribution in [0.1, 0.15) is 36.6 Å². The average Bonchev–Trinajstić information content (AvgIpc) is 2.86. The third-order valence-corrected chi connectivity index (χ3v) is 3.08. The Hall–Kier alpha value is -1.34. The monoisotopic (exact) mass is 238 g/mol. The highest BCUT2D eigenvalue weighted by atomic mass is 32.1. The van der Waals surface area contributed by atoms with Crippen molar-refractivity contribution in [3.8, 4) is 0 Å². The fourth-order valence-corrected chi connectivity index (χ4v) is 1.99. The Labute approximate surface area is 97.7 Å². The highest BCUT2D eigenvalue weighted by molar-refractivity contribution is 7.05. The molecule has 1 unspecified atom stereocenters. The second kappa shape index (κ2) is 4.67. The molecule has 2 aromatic heterocycles. The minimum atomic E-state index is -0.110. The molecule has 86 valence electrons. The van der Waals surface area contributed by atoms with E-state index in [1.165, 1.54) is 11.5 Å². The first-order valence-corrected chi connectivity index (χ1v) is 5.87. The molecule has 0 fully saturated rings. The van der Waals surface area contributed by atoms with E-state index in [1.54, 1.807) is 12.5 Å². The summed E-state index contributed by atoms with van der Waals surface area (Å²) in [6, 6.07) is 0.186. The summed E-state index contributed by atoms with van der Waals surface area (Å²) in [6.45, 7) is 4.13. The summed E-state index contributed by atoms with van der Waals surface area (Å²) < 4.78 is 5.68. The van der Waals surface area contributed by atoms with Gasteiger partial charge in [-0.25, -0.2) is 9.67 Å². The standard InChI is InChI=1S/C9H14N6S/c1-6(2)15-9(11-5-13-15)3-7(10)8-4-12-14-16-8/h4-7H,3,10H2,1-2H3. The number of nitrogens with zero attached hydrogens (tertiary/aromatic N) is 5. The summed E-state index contributed by atoms with van der Waals surface area (Å²) in [7, 11) is 0. The number of hydrogen-bond donors (Lipinski definition) is 1. The summed E-state index contributed by atoms with van der Waals surface area (Å²) >= 11 is 1.32. The Morgan fingerprint density at radius 2 is 2.31 bits per heavy atom. The predicted octanol–water partition coefficient (Wildman–Crippen LogP) is 0.953. The van der Waals surface area contributed by atoms with Gasteiger partial charge < -0.3 is 5.73 Å². The SMILES string of the molecule is CC(C)n1ncnc1CC(N)c1cnns1. The Kier molecular flexibility index (Phi) is 3.25. The zero-order valence-electron chi connectivity index (χ0n) is 9.24. The quantitative estimate of drug-likeness (QED) is 0.857. The van der Waals surface area contributed by atoms with Crippen LogP contribution in [0.2, 0.25) is 0 Å². The molecule has 0 radical (unpaired) electrons. The molecule has 0 bridgehead atoms. The van der Waals surface area contributed by atoms with Crippen molar-refractivity contribution in [3.63, 3.8) is 0 Å². The minimum Gasteiger partial charge on any atom is -0.323 e. The molecule has 0 saturated heterocycles. The van der Waals surface area contributed by atoms with Crippen molar-refractivity contribution >= 4 is 11.5 Å². The van der Waals surface area contributed by atoms with Crippen molar-refractivity contribution in [2.45, 2.75) is 32.4 Å². The molecule has 2 aromatic rings. The Bertz CT molecular complexity index is 435. The normalized spacial score (nSPS) is 13.2. The molecule has 0 aromatic carbocycles. The maximum absolute atomic E-state index is 6.05. The summed E-state index contributed by atoms with van der Waals surface area (Å²) in [5.41, 5.74) is 6.05. The van der Waals surface area contributed by atoms with Crippen molar-refractivity contribution in [1.82, 2.24) is 24.4 Å². The molecule has 6 nitrogen and oxygen atoms in total. The van der Waals surface area contributed by atoms with Crippen molar-refractivity contribution < 1.29 is 0 Å². The van der Waals surface area contributed by atoms with E-state index < -0.39 is 0 Å². The zero-order chi connectivity index (χ0) is 11.5. The summed E-state index contributed by atoms with van der Waals surface area (Å²) in [6.07, 6.45) is 3.92. The predicted molar refractivity (Wildman–Crippen MR) is 60.9 cm³/mol. The van der Waals surface area contributed by atoms with Crippen LogP contribution in [-0.4, -0.2) is 24.4 Å². The summed E-state index contributed by atoms with van der Waals surface area (Å²) in [5.74, 6) is 0.899. The largest absolute Gasteiger partial charge is 0.323 e. The average molecular weight is 238 g/mol. The van der Waals surface area contributed by atoms with Crippen LogP contribution in [-0.2, 0) is 6.42 Å². The summed E-state index contributed by atoms with van der Waals surface area (Å²) in [4.78, 5) is 5.19. The maximum atomic E-state index is 6.05. The Morgan fingerprint density at radius 3 is 2.94 bits per heavy atom. The van der Waals surface area contributed by atoms with E-state index in [0.29, 0.717) is 12.5 Å². The lowest BCUT2D eigenvalue weighted by Gasteiger charge is -2.12. The molecule has 0 saturated carbocycles. The molecule has 7 heteroatoms. The van der Waals surface area contributed by atoms with E-state index in [2.05, 4.69) is 33.5 Å². The number of nitrogens with two attached hydrogens (primary N) is 1. The van der Waals surface area contributed by atoms with Crippen molar-refractivity contribution in [1.29, 1.82) is 0 Å². The van der Waals surface area contributed by atoms with Crippen LogP contribution in [0.25, 0.3) is 0 Å². The number of aromatic nitrogens is 5. The van der Waals surface area contributed by atoms with Crippen molar-refractivity contribution in [2.24, 2.45) is 5.73 Å². The Morgan fingerprint density at radius 1 is 1.50 bits per heavy atom. The molecule has 0 amide bonds. The molecule has 1 atom stereocenters.